The average Bonchev–Trinajstić information content (AvgIpc) is 3.24. The first-order chi connectivity index (χ1) is 17.1. The third-order valence-corrected chi connectivity index (χ3v) is 6.78. The zero-order valence-electron chi connectivity index (χ0n) is 18.8. The summed E-state index contributed by atoms with van der Waals surface area (Å²) in [6.45, 7) is 1.63. The van der Waals surface area contributed by atoms with Crippen molar-refractivity contribution in [1.29, 1.82) is 0 Å². The fourth-order valence-electron chi connectivity index (χ4n) is 3.68. The molecule has 9 nitrogen and oxygen atoms in total. The lowest BCUT2D eigenvalue weighted by molar-refractivity contribution is 0.103. The van der Waals surface area contributed by atoms with E-state index in [9.17, 15) is 22.4 Å². The van der Waals surface area contributed by atoms with E-state index in [1.165, 1.54) is 12.4 Å². The van der Waals surface area contributed by atoms with E-state index in [-0.39, 0.29) is 17.7 Å². The van der Waals surface area contributed by atoms with Crippen LogP contribution in [-0.2, 0) is 10.0 Å². The molecule has 4 aromatic rings. The lowest BCUT2D eigenvalue weighted by Crippen LogP contribution is -2.18. The van der Waals surface area contributed by atoms with Crippen molar-refractivity contribution in [3.63, 3.8) is 0 Å². The maximum absolute atomic E-state index is 15.2. The summed E-state index contributed by atoms with van der Waals surface area (Å²) in [5, 5.41) is 11.3. The van der Waals surface area contributed by atoms with Gasteiger partial charge in [0, 0.05) is 34.6 Å². The van der Waals surface area contributed by atoms with Crippen molar-refractivity contribution < 1.29 is 31.9 Å². The minimum Gasteiger partial charge on any atom is -0.465 e. The molecule has 36 heavy (non-hydrogen) atoms. The molecule has 0 aliphatic carbocycles. The number of anilines is 2. The minimum atomic E-state index is -3.87. The zero-order valence-corrected chi connectivity index (χ0v) is 19.6. The Balaban J connectivity index is 1.73. The second-order valence-electron chi connectivity index (χ2n) is 7.86. The number of H-pyrrole nitrogens is 1. The van der Waals surface area contributed by atoms with E-state index >= 15 is 4.39 Å². The number of halogens is 2. The fourth-order valence-corrected chi connectivity index (χ4v) is 4.81. The first-order valence-corrected chi connectivity index (χ1v) is 12.4. The van der Waals surface area contributed by atoms with E-state index < -0.39 is 44.8 Å². The Kier molecular flexibility index (Phi) is 6.71. The molecule has 4 rings (SSSR count). The number of carboxylic acid groups (broad SMARTS) is 1. The standard InChI is InChI=1S/C24H20F2N4O5S/c1-2-9-36(34,35)30-19-8-7-18(25)20(21(19)26)22(31)17-12-28-23-16(17)10-14(11-27-23)13-3-5-15(6-4-13)29-24(32)33/h3-8,10-12,29-30H,2,9H2,1H3,(H,27,28)(H,32,33). The van der Waals surface area contributed by atoms with E-state index in [2.05, 4.69) is 20.0 Å². The van der Waals surface area contributed by atoms with Gasteiger partial charge in [-0.05, 0) is 42.3 Å². The monoisotopic (exact) mass is 514 g/mol. The number of aromatic amines is 1. The van der Waals surface area contributed by atoms with E-state index in [4.69, 9.17) is 5.11 Å². The molecule has 0 saturated heterocycles. The predicted molar refractivity (Wildman–Crippen MR) is 131 cm³/mol. The van der Waals surface area contributed by atoms with Crippen LogP contribution >= 0.6 is 0 Å². The van der Waals surface area contributed by atoms with Crippen molar-refractivity contribution in [2.24, 2.45) is 0 Å². The van der Waals surface area contributed by atoms with Crippen LogP contribution in [0.4, 0.5) is 25.0 Å². The Labute approximate surface area is 204 Å². The average molecular weight is 515 g/mol. The molecule has 0 saturated carbocycles. The summed E-state index contributed by atoms with van der Waals surface area (Å²) in [7, 11) is -3.87. The largest absolute Gasteiger partial charge is 0.465 e. The van der Waals surface area contributed by atoms with E-state index in [1.54, 1.807) is 37.3 Å². The number of nitrogens with zero attached hydrogens (tertiary/aromatic N) is 1. The molecule has 2 aromatic heterocycles. The van der Waals surface area contributed by atoms with Gasteiger partial charge in [-0.3, -0.25) is 14.8 Å². The summed E-state index contributed by atoms with van der Waals surface area (Å²) in [6, 6.07) is 9.74. The number of carbonyl (C=O) groups excluding carboxylic acids is 1. The molecule has 0 fully saturated rings. The number of sulfonamides is 1. The number of hydrogen-bond acceptors (Lipinski definition) is 5. The number of nitrogens with one attached hydrogen (secondary N) is 3. The Hall–Kier alpha value is -4.32. The van der Waals surface area contributed by atoms with E-state index in [1.807, 2.05) is 0 Å². The zero-order chi connectivity index (χ0) is 26.0. The number of aromatic nitrogens is 2. The lowest BCUT2D eigenvalue weighted by atomic mass is 9.99. The smallest absolute Gasteiger partial charge is 0.409 e. The van der Waals surface area contributed by atoms with Crippen LogP contribution in [0.15, 0.2) is 54.9 Å². The number of amides is 1. The SMILES string of the molecule is CCCS(=O)(=O)Nc1ccc(F)c(C(=O)c2c[nH]c3ncc(-c4ccc(NC(=O)O)cc4)cc23)c1F. The van der Waals surface area contributed by atoms with Crippen molar-refractivity contribution >= 4 is 44.3 Å². The quantitative estimate of drug-likeness (QED) is 0.244. The van der Waals surface area contributed by atoms with Gasteiger partial charge >= 0.3 is 6.09 Å². The fraction of sp³-hybridized carbons (Fsp3) is 0.125. The van der Waals surface area contributed by atoms with Crippen molar-refractivity contribution in [3.05, 3.63) is 77.6 Å². The van der Waals surface area contributed by atoms with Crippen LogP contribution in [0.25, 0.3) is 22.2 Å². The molecule has 186 valence electrons. The van der Waals surface area contributed by atoms with Gasteiger partial charge in [0.1, 0.15) is 11.5 Å². The number of benzene rings is 2. The van der Waals surface area contributed by atoms with Crippen molar-refractivity contribution in [1.82, 2.24) is 9.97 Å². The molecule has 0 spiro atoms. The number of ketones is 1. The van der Waals surface area contributed by atoms with Gasteiger partial charge < -0.3 is 10.1 Å². The van der Waals surface area contributed by atoms with Crippen molar-refractivity contribution in [2.45, 2.75) is 13.3 Å². The highest BCUT2D eigenvalue weighted by Gasteiger charge is 2.26. The molecule has 0 aliphatic heterocycles. The molecular formula is C24H20F2N4O5S. The van der Waals surface area contributed by atoms with Crippen LogP contribution in [0.1, 0.15) is 29.3 Å². The molecule has 4 N–H and O–H groups in total. The summed E-state index contributed by atoms with van der Waals surface area (Å²) >= 11 is 0. The normalized spacial score (nSPS) is 11.4. The molecule has 0 aliphatic rings. The molecule has 2 heterocycles. The predicted octanol–water partition coefficient (Wildman–Crippen LogP) is 4.98. The molecule has 0 bridgehead atoms. The topological polar surface area (TPSA) is 141 Å². The summed E-state index contributed by atoms with van der Waals surface area (Å²) in [5.74, 6) is -3.72. The van der Waals surface area contributed by atoms with Crippen LogP contribution in [0.2, 0.25) is 0 Å². The van der Waals surface area contributed by atoms with Crippen LogP contribution < -0.4 is 10.0 Å². The van der Waals surface area contributed by atoms with Gasteiger partial charge in [-0.1, -0.05) is 19.1 Å². The van der Waals surface area contributed by atoms with E-state index in [0.717, 1.165) is 12.1 Å². The number of fused-ring (bicyclic) bond motifs is 1. The number of rotatable bonds is 8. The summed E-state index contributed by atoms with van der Waals surface area (Å²) in [4.78, 5) is 31.1. The second kappa shape index (κ2) is 9.74. The van der Waals surface area contributed by atoms with Gasteiger partial charge in [-0.15, -0.1) is 0 Å². The third kappa shape index (κ3) is 5.03. The van der Waals surface area contributed by atoms with Gasteiger partial charge in [0.05, 0.1) is 17.0 Å². The maximum Gasteiger partial charge on any atom is 0.409 e. The lowest BCUT2D eigenvalue weighted by Gasteiger charge is -2.11. The van der Waals surface area contributed by atoms with E-state index in [0.29, 0.717) is 27.8 Å². The minimum absolute atomic E-state index is 0.0603. The first kappa shape index (κ1) is 24.8. The van der Waals surface area contributed by atoms with Crippen molar-refractivity contribution in [2.75, 3.05) is 15.8 Å². The summed E-state index contributed by atoms with van der Waals surface area (Å²) < 4.78 is 56.0. The summed E-state index contributed by atoms with van der Waals surface area (Å²) in [6.07, 6.45) is 1.88. The highest BCUT2D eigenvalue weighted by molar-refractivity contribution is 7.92. The summed E-state index contributed by atoms with van der Waals surface area (Å²) in [5.41, 5.74) is 0.397. The molecule has 2 aromatic carbocycles. The van der Waals surface area contributed by atoms with Crippen LogP contribution in [0.5, 0.6) is 0 Å². The van der Waals surface area contributed by atoms with Gasteiger partial charge in [-0.25, -0.2) is 27.0 Å². The Morgan fingerprint density at radius 2 is 1.81 bits per heavy atom. The van der Waals surface area contributed by atoms with Gasteiger partial charge in [0.2, 0.25) is 15.8 Å². The highest BCUT2D eigenvalue weighted by Crippen LogP contribution is 2.30. The molecule has 0 unspecified atom stereocenters. The van der Waals surface area contributed by atoms with Gasteiger partial charge in [0.15, 0.2) is 5.82 Å². The van der Waals surface area contributed by atoms with Gasteiger partial charge in [-0.2, -0.15) is 0 Å². The number of pyridine rings is 1. The third-order valence-electron chi connectivity index (χ3n) is 5.30. The van der Waals surface area contributed by atoms with Crippen LogP contribution in [-0.4, -0.2) is 41.1 Å². The molecule has 12 heteroatoms. The first-order valence-electron chi connectivity index (χ1n) is 10.7. The van der Waals surface area contributed by atoms with Crippen LogP contribution in [0, 0.1) is 11.6 Å². The Morgan fingerprint density at radius 1 is 1.08 bits per heavy atom. The Morgan fingerprint density at radius 3 is 2.47 bits per heavy atom. The second-order valence-corrected chi connectivity index (χ2v) is 9.71. The number of carbonyl (C=O) groups is 2. The molecule has 1 amide bonds. The molecule has 0 atom stereocenters. The van der Waals surface area contributed by atoms with Crippen molar-refractivity contribution in [3.8, 4) is 11.1 Å². The number of hydrogen-bond donors (Lipinski definition) is 4. The Bertz CT molecular complexity index is 1580. The maximum atomic E-state index is 15.2. The molecular weight excluding hydrogens is 494 g/mol. The van der Waals surface area contributed by atoms with Crippen LogP contribution in [0.3, 0.4) is 0 Å². The highest BCUT2D eigenvalue weighted by atomic mass is 32.2. The van der Waals surface area contributed by atoms with Gasteiger partial charge in [0.25, 0.3) is 0 Å². The molecule has 0 radical (unpaired) electrons.